The summed E-state index contributed by atoms with van der Waals surface area (Å²) in [6, 6.07) is 0. The molecule has 0 saturated carbocycles. The Kier molecular flexibility index (Phi) is 15.3. The zero-order valence-corrected chi connectivity index (χ0v) is 7.25. The molecule has 0 aromatic carbocycles. The Morgan fingerprint density at radius 1 is 1.09 bits per heavy atom. The highest BCUT2D eigenvalue weighted by Gasteiger charge is 1.78. The van der Waals surface area contributed by atoms with Crippen molar-refractivity contribution < 1.29 is 15.3 Å². The van der Waals surface area contributed by atoms with E-state index in [-0.39, 0.29) is 19.3 Å². The van der Waals surface area contributed by atoms with Crippen LogP contribution in [0.4, 0.5) is 0 Å². The molecular formula is C7H19NO3. The van der Waals surface area contributed by atoms with Crippen LogP contribution in [-0.2, 0) is 0 Å². The second-order valence-electron chi connectivity index (χ2n) is 2.29. The first-order valence-electron chi connectivity index (χ1n) is 3.75. The summed E-state index contributed by atoms with van der Waals surface area (Å²) in [4.78, 5) is 0. The van der Waals surface area contributed by atoms with Gasteiger partial charge in [0.05, 0.1) is 13.2 Å². The molecule has 0 fully saturated rings. The molecule has 11 heavy (non-hydrogen) atoms. The van der Waals surface area contributed by atoms with E-state index in [1.165, 1.54) is 0 Å². The molecule has 4 N–H and O–H groups in total. The maximum Gasteiger partial charge on any atom is 0.0555 e. The Balaban J connectivity index is 0. The third-order valence-corrected chi connectivity index (χ3v) is 0.577. The Morgan fingerprint density at radius 2 is 1.36 bits per heavy atom. The van der Waals surface area contributed by atoms with Crippen molar-refractivity contribution in [2.45, 2.75) is 20.0 Å². The van der Waals surface area contributed by atoms with Gasteiger partial charge in [0, 0.05) is 19.2 Å². The van der Waals surface area contributed by atoms with E-state index in [1.807, 2.05) is 0 Å². The average Bonchev–Trinajstić information content (AvgIpc) is 1.88. The highest BCUT2D eigenvalue weighted by molar-refractivity contribution is 4.39. The molecule has 0 aromatic heterocycles. The van der Waals surface area contributed by atoms with Gasteiger partial charge in [-0.05, 0) is 13.8 Å². The van der Waals surface area contributed by atoms with E-state index in [0.717, 1.165) is 0 Å². The standard InChI is InChI=1S/C4H11NO2.C3H8O/c6-3-1-5-2-4-7;1-3(2)4/h5-7H,1-4H2;3-4H,1-2H3. The monoisotopic (exact) mass is 165 g/mol. The molecule has 70 valence electrons. The number of aliphatic hydroxyl groups is 3. The topological polar surface area (TPSA) is 72.7 Å². The largest absolute Gasteiger partial charge is 0.395 e. The molecule has 0 heterocycles. The number of aliphatic hydroxyl groups excluding tert-OH is 3. The van der Waals surface area contributed by atoms with Gasteiger partial charge in [0.2, 0.25) is 0 Å². The van der Waals surface area contributed by atoms with Crippen LogP contribution in [0.5, 0.6) is 0 Å². The van der Waals surface area contributed by atoms with Crippen molar-refractivity contribution in [1.82, 2.24) is 5.32 Å². The van der Waals surface area contributed by atoms with Crippen molar-refractivity contribution in [2.24, 2.45) is 0 Å². The van der Waals surface area contributed by atoms with Crippen molar-refractivity contribution in [3.63, 3.8) is 0 Å². The van der Waals surface area contributed by atoms with Crippen molar-refractivity contribution in [3.05, 3.63) is 0 Å². The molecule has 0 saturated heterocycles. The lowest BCUT2D eigenvalue weighted by molar-refractivity contribution is 0.216. The van der Waals surface area contributed by atoms with Crippen LogP contribution < -0.4 is 5.32 Å². The van der Waals surface area contributed by atoms with E-state index < -0.39 is 0 Å². The fourth-order valence-corrected chi connectivity index (χ4v) is 0.283. The summed E-state index contributed by atoms with van der Waals surface area (Å²) in [7, 11) is 0. The molecule has 0 rings (SSSR count). The first-order chi connectivity index (χ1) is 5.15. The van der Waals surface area contributed by atoms with Gasteiger partial charge in [-0.3, -0.25) is 0 Å². The van der Waals surface area contributed by atoms with Gasteiger partial charge in [-0.2, -0.15) is 0 Å². The molecule has 0 atom stereocenters. The first-order valence-corrected chi connectivity index (χ1v) is 3.75. The van der Waals surface area contributed by atoms with Crippen LogP contribution in [0.2, 0.25) is 0 Å². The predicted molar refractivity (Wildman–Crippen MR) is 44.4 cm³/mol. The maximum absolute atomic E-state index is 8.15. The van der Waals surface area contributed by atoms with E-state index >= 15 is 0 Å². The van der Waals surface area contributed by atoms with Crippen molar-refractivity contribution in [2.75, 3.05) is 26.3 Å². The van der Waals surface area contributed by atoms with Crippen molar-refractivity contribution in [1.29, 1.82) is 0 Å². The third kappa shape index (κ3) is 41.0. The quantitative estimate of drug-likeness (QED) is 0.401. The Hall–Kier alpha value is -0.160. The van der Waals surface area contributed by atoms with Crippen LogP contribution in [0.15, 0.2) is 0 Å². The Bertz CT molecular complexity index is 52.9. The van der Waals surface area contributed by atoms with Crippen LogP contribution >= 0.6 is 0 Å². The summed E-state index contributed by atoms with van der Waals surface area (Å²) in [5.74, 6) is 0. The average molecular weight is 165 g/mol. The van der Waals surface area contributed by atoms with Gasteiger partial charge in [-0.1, -0.05) is 0 Å². The molecule has 4 heteroatoms. The SMILES string of the molecule is CC(C)O.OCCNCCO. The van der Waals surface area contributed by atoms with Crippen LogP contribution in [0, 0.1) is 0 Å². The fourth-order valence-electron chi connectivity index (χ4n) is 0.283. The lowest BCUT2D eigenvalue weighted by Gasteiger charge is -1.94. The summed E-state index contributed by atoms with van der Waals surface area (Å²) in [5.41, 5.74) is 0. The minimum atomic E-state index is -0.167. The molecule has 0 aromatic rings. The van der Waals surface area contributed by atoms with Crippen LogP contribution in [-0.4, -0.2) is 47.7 Å². The second kappa shape index (κ2) is 12.5. The zero-order valence-electron chi connectivity index (χ0n) is 7.25. The minimum Gasteiger partial charge on any atom is -0.395 e. The zero-order chi connectivity index (χ0) is 9.11. The van der Waals surface area contributed by atoms with Gasteiger partial charge in [-0.15, -0.1) is 0 Å². The lowest BCUT2D eigenvalue weighted by atomic mass is 10.5. The van der Waals surface area contributed by atoms with E-state index in [9.17, 15) is 0 Å². The molecule has 0 spiro atoms. The highest BCUT2D eigenvalue weighted by Crippen LogP contribution is 1.65. The summed E-state index contributed by atoms with van der Waals surface area (Å²) in [6.45, 7) is 4.86. The van der Waals surface area contributed by atoms with E-state index in [2.05, 4.69) is 5.32 Å². The fraction of sp³-hybridized carbons (Fsp3) is 1.00. The maximum atomic E-state index is 8.15. The van der Waals surface area contributed by atoms with Crippen LogP contribution in [0.1, 0.15) is 13.8 Å². The normalized spacial score (nSPS) is 9.27. The highest BCUT2D eigenvalue weighted by atomic mass is 16.3. The minimum absolute atomic E-state index is 0.139. The summed E-state index contributed by atoms with van der Waals surface area (Å²) < 4.78 is 0. The van der Waals surface area contributed by atoms with Gasteiger partial charge >= 0.3 is 0 Å². The van der Waals surface area contributed by atoms with Gasteiger partial charge in [0.15, 0.2) is 0 Å². The molecule has 0 unspecified atom stereocenters. The van der Waals surface area contributed by atoms with Crippen LogP contribution in [0.25, 0.3) is 0 Å². The molecule has 0 bridgehead atoms. The third-order valence-electron chi connectivity index (χ3n) is 0.577. The van der Waals surface area contributed by atoms with E-state index in [4.69, 9.17) is 15.3 Å². The van der Waals surface area contributed by atoms with Gasteiger partial charge in [-0.25, -0.2) is 0 Å². The molecule has 0 radical (unpaired) electrons. The molecular weight excluding hydrogens is 146 g/mol. The molecule has 0 aliphatic carbocycles. The molecule has 0 amide bonds. The number of hydrogen-bond acceptors (Lipinski definition) is 4. The predicted octanol–water partition coefficient (Wildman–Crippen LogP) is -1.05. The molecule has 4 nitrogen and oxygen atoms in total. The number of nitrogens with one attached hydrogen (secondary N) is 1. The lowest BCUT2D eigenvalue weighted by Crippen LogP contribution is -2.21. The molecule has 0 aliphatic rings. The second-order valence-corrected chi connectivity index (χ2v) is 2.29. The number of hydrogen-bond donors (Lipinski definition) is 4. The van der Waals surface area contributed by atoms with Gasteiger partial charge in [0.1, 0.15) is 0 Å². The first kappa shape index (κ1) is 13.4. The Labute approximate surface area is 67.9 Å². The number of rotatable bonds is 4. The smallest absolute Gasteiger partial charge is 0.0555 e. The summed E-state index contributed by atoms with van der Waals surface area (Å²) in [5, 5.41) is 27.1. The van der Waals surface area contributed by atoms with E-state index in [1.54, 1.807) is 13.8 Å². The molecule has 0 aliphatic heterocycles. The van der Waals surface area contributed by atoms with Gasteiger partial charge < -0.3 is 20.6 Å². The summed E-state index contributed by atoms with van der Waals surface area (Å²) >= 11 is 0. The van der Waals surface area contributed by atoms with Gasteiger partial charge in [0.25, 0.3) is 0 Å². The van der Waals surface area contributed by atoms with Crippen molar-refractivity contribution >= 4 is 0 Å². The van der Waals surface area contributed by atoms with E-state index in [0.29, 0.717) is 13.1 Å². The van der Waals surface area contributed by atoms with Crippen LogP contribution in [0.3, 0.4) is 0 Å². The Morgan fingerprint density at radius 3 is 1.55 bits per heavy atom. The van der Waals surface area contributed by atoms with Crippen molar-refractivity contribution in [3.8, 4) is 0 Å². The summed E-state index contributed by atoms with van der Waals surface area (Å²) in [6.07, 6.45) is -0.167.